The number of anilines is 2. The minimum Gasteiger partial charge on any atom is -0.354 e. The average Bonchev–Trinajstić information content (AvgIpc) is 2.70. The Kier molecular flexibility index (Phi) is 5.26. The van der Waals surface area contributed by atoms with E-state index < -0.39 is 0 Å². The first-order valence-electron chi connectivity index (χ1n) is 8.99. The minimum atomic E-state index is 1.12. The molecule has 0 saturated carbocycles. The zero-order valence-corrected chi connectivity index (χ0v) is 17.3. The smallest absolute Gasteiger partial charge is 0.0474 e. The Morgan fingerprint density at radius 2 is 1.30 bits per heavy atom. The van der Waals surface area contributed by atoms with Crippen LogP contribution in [0.4, 0.5) is 11.4 Å². The molecule has 1 nitrogen and oxygen atoms in total. The standard InChI is InChI=1S/C25H20IN/c1-18-9-8-14-23(25(18)20-12-6-3-7-13-20)27-24-17-21(26)15-16-22(24)19-10-4-2-5-11-19/h2-17,27H,1H3. The summed E-state index contributed by atoms with van der Waals surface area (Å²) in [5.41, 5.74) is 8.40. The lowest BCUT2D eigenvalue weighted by Gasteiger charge is -2.18. The number of nitrogens with one attached hydrogen (secondary N) is 1. The van der Waals surface area contributed by atoms with E-state index in [-0.39, 0.29) is 0 Å². The van der Waals surface area contributed by atoms with E-state index >= 15 is 0 Å². The van der Waals surface area contributed by atoms with E-state index in [0.717, 1.165) is 11.4 Å². The summed E-state index contributed by atoms with van der Waals surface area (Å²) in [5.74, 6) is 0. The van der Waals surface area contributed by atoms with Gasteiger partial charge in [0.2, 0.25) is 0 Å². The summed E-state index contributed by atoms with van der Waals surface area (Å²) in [6.45, 7) is 2.17. The molecule has 4 rings (SSSR count). The molecule has 0 fully saturated rings. The van der Waals surface area contributed by atoms with Crippen molar-refractivity contribution >= 4 is 34.0 Å². The summed E-state index contributed by atoms with van der Waals surface area (Å²) >= 11 is 2.37. The number of rotatable bonds is 4. The monoisotopic (exact) mass is 461 g/mol. The van der Waals surface area contributed by atoms with Crippen LogP contribution in [0.15, 0.2) is 97.1 Å². The van der Waals surface area contributed by atoms with E-state index in [1.165, 1.54) is 31.4 Å². The van der Waals surface area contributed by atoms with Crippen LogP contribution in [0, 0.1) is 10.5 Å². The van der Waals surface area contributed by atoms with Crippen LogP contribution >= 0.6 is 22.6 Å². The molecule has 0 aliphatic carbocycles. The highest BCUT2D eigenvalue weighted by Crippen LogP contribution is 2.37. The van der Waals surface area contributed by atoms with Gasteiger partial charge in [0, 0.05) is 26.1 Å². The van der Waals surface area contributed by atoms with Gasteiger partial charge in [-0.05, 0) is 64.4 Å². The first-order chi connectivity index (χ1) is 13.2. The molecular weight excluding hydrogens is 441 g/mol. The van der Waals surface area contributed by atoms with Crippen LogP contribution in [0.3, 0.4) is 0 Å². The maximum absolute atomic E-state index is 3.71. The third-order valence-corrected chi connectivity index (χ3v) is 5.34. The van der Waals surface area contributed by atoms with Crippen LogP contribution in [-0.4, -0.2) is 0 Å². The first kappa shape index (κ1) is 17.8. The molecule has 0 amide bonds. The Hall–Kier alpha value is -2.59. The molecule has 4 aromatic rings. The maximum Gasteiger partial charge on any atom is 0.0474 e. The molecule has 2 heteroatoms. The fraction of sp³-hybridized carbons (Fsp3) is 0.0400. The minimum absolute atomic E-state index is 1.12. The molecule has 0 heterocycles. The van der Waals surface area contributed by atoms with Gasteiger partial charge in [-0.1, -0.05) is 78.9 Å². The van der Waals surface area contributed by atoms with Crippen LogP contribution in [0.2, 0.25) is 0 Å². The highest BCUT2D eigenvalue weighted by Gasteiger charge is 2.11. The van der Waals surface area contributed by atoms with Crippen LogP contribution in [-0.2, 0) is 0 Å². The van der Waals surface area contributed by atoms with Crippen LogP contribution in [0.25, 0.3) is 22.3 Å². The Bertz CT molecular complexity index is 1060. The van der Waals surface area contributed by atoms with Crippen molar-refractivity contribution in [3.8, 4) is 22.3 Å². The maximum atomic E-state index is 3.71. The lowest BCUT2D eigenvalue weighted by Crippen LogP contribution is -1.98. The van der Waals surface area contributed by atoms with Gasteiger partial charge in [0.15, 0.2) is 0 Å². The van der Waals surface area contributed by atoms with Crippen LogP contribution in [0.1, 0.15) is 5.56 Å². The molecule has 0 bridgehead atoms. The van der Waals surface area contributed by atoms with Gasteiger partial charge in [-0.3, -0.25) is 0 Å². The predicted molar refractivity (Wildman–Crippen MR) is 124 cm³/mol. The fourth-order valence-corrected chi connectivity index (χ4v) is 3.89. The van der Waals surface area contributed by atoms with Crippen molar-refractivity contribution < 1.29 is 0 Å². The van der Waals surface area contributed by atoms with Gasteiger partial charge in [-0.25, -0.2) is 0 Å². The molecule has 0 aliphatic heterocycles. The van der Waals surface area contributed by atoms with Crippen molar-refractivity contribution in [2.75, 3.05) is 5.32 Å². The van der Waals surface area contributed by atoms with Crippen LogP contribution < -0.4 is 5.32 Å². The van der Waals surface area contributed by atoms with Crippen molar-refractivity contribution in [2.24, 2.45) is 0 Å². The van der Waals surface area contributed by atoms with E-state index in [1.807, 2.05) is 0 Å². The third-order valence-electron chi connectivity index (χ3n) is 4.67. The molecule has 0 unspecified atom stereocenters. The zero-order chi connectivity index (χ0) is 18.6. The van der Waals surface area contributed by atoms with Gasteiger partial charge in [0.05, 0.1) is 0 Å². The van der Waals surface area contributed by atoms with Crippen molar-refractivity contribution in [1.29, 1.82) is 0 Å². The molecule has 0 aliphatic rings. The van der Waals surface area contributed by atoms with Gasteiger partial charge in [0.25, 0.3) is 0 Å². The molecule has 0 atom stereocenters. The van der Waals surface area contributed by atoms with Crippen molar-refractivity contribution in [3.05, 3.63) is 106 Å². The average molecular weight is 461 g/mol. The fourth-order valence-electron chi connectivity index (χ4n) is 3.39. The highest BCUT2D eigenvalue weighted by atomic mass is 127. The summed E-state index contributed by atoms with van der Waals surface area (Å²) < 4.78 is 1.21. The van der Waals surface area contributed by atoms with Crippen molar-refractivity contribution in [2.45, 2.75) is 6.92 Å². The molecule has 27 heavy (non-hydrogen) atoms. The second kappa shape index (κ2) is 7.97. The summed E-state index contributed by atoms with van der Waals surface area (Å²) in [5, 5.41) is 3.71. The number of benzene rings is 4. The number of aryl methyl sites for hydroxylation is 1. The third kappa shape index (κ3) is 3.91. The van der Waals surface area contributed by atoms with E-state index in [0.29, 0.717) is 0 Å². The second-order valence-corrected chi connectivity index (χ2v) is 7.79. The number of hydrogen-bond acceptors (Lipinski definition) is 1. The Morgan fingerprint density at radius 1 is 0.630 bits per heavy atom. The largest absolute Gasteiger partial charge is 0.354 e. The summed E-state index contributed by atoms with van der Waals surface area (Å²) in [4.78, 5) is 0. The molecule has 1 N–H and O–H groups in total. The van der Waals surface area contributed by atoms with Gasteiger partial charge >= 0.3 is 0 Å². The van der Waals surface area contributed by atoms with E-state index in [2.05, 4.69) is 132 Å². The lowest BCUT2D eigenvalue weighted by atomic mass is 9.97. The SMILES string of the molecule is Cc1cccc(Nc2cc(I)ccc2-c2ccccc2)c1-c1ccccc1. The highest BCUT2D eigenvalue weighted by molar-refractivity contribution is 14.1. The van der Waals surface area contributed by atoms with Gasteiger partial charge in [0.1, 0.15) is 0 Å². The molecule has 0 spiro atoms. The summed E-state index contributed by atoms with van der Waals surface area (Å²) in [7, 11) is 0. The second-order valence-electron chi connectivity index (χ2n) is 6.54. The molecule has 0 saturated heterocycles. The van der Waals surface area contributed by atoms with Gasteiger partial charge in [-0.15, -0.1) is 0 Å². The Balaban J connectivity index is 1.83. The number of halogens is 1. The Morgan fingerprint density at radius 3 is 2.00 bits per heavy atom. The van der Waals surface area contributed by atoms with Gasteiger partial charge in [-0.2, -0.15) is 0 Å². The topological polar surface area (TPSA) is 12.0 Å². The number of hydrogen-bond donors (Lipinski definition) is 1. The van der Waals surface area contributed by atoms with Crippen molar-refractivity contribution in [1.82, 2.24) is 0 Å². The zero-order valence-electron chi connectivity index (χ0n) is 15.1. The van der Waals surface area contributed by atoms with Crippen molar-refractivity contribution in [3.63, 3.8) is 0 Å². The molecule has 4 aromatic carbocycles. The summed E-state index contributed by atoms with van der Waals surface area (Å²) in [6, 6.07) is 34.1. The predicted octanol–water partition coefficient (Wildman–Crippen LogP) is 7.68. The van der Waals surface area contributed by atoms with Crippen LogP contribution in [0.5, 0.6) is 0 Å². The van der Waals surface area contributed by atoms with Gasteiger partial charge < -0.3 is 5.32 Å². The Labute approximate surface area is 174 Å². The normalized spacial score (nSPS) is 10.6. The van der Waals surface area contributed by atoms with E-state index in [4.69, 9.17) is 0 Å². The lowest BCUT2D eigenvalue weighted by molar-refractivity contribution is 1.43. The molecular formula is C25H20IN. The quantitative estimate of drug-likeness (QED) is 0.308. The molecule has 0 aromatic heterocycles. The molecule has 0 radical (unpaired) electrons. The van der Waals surface area contributed by atoms with E-state index in [1.54, 1.807) is 0 Å². The summed E-state index contributed by atoms with van der Waals surface area (Å²) in [6.07, 6.45) is 0. The molecule has 132 valence electrons. The van der Waals surface area contributed by atoms with E-state index in [9.17, 15) is 0 Å². The first-order valence-corrected chi connectivity index (χ1v) is 10.1.